The average molecular weight is 503 g/mol. The molecule has 0 fully saturated rings. The molecule has 3 aromatic carbocycles. The Balaban J connectivity index is 1.99. The van der Waals surface area contributed by atoms with Crippen molar-refractivity contribution in [2.24, 2.45) is 5.41 Å². The Bertz CT molecular complexity index is 1110. The maximum absolute atomic E-state index is 12.6. The van der Waals surface area contributed by atoms with Crippen molar-refractivity contribution in [2.45, 2.75) is 19.4 Å². The molecule has 6 nitrogen and oxygen atoms in total. The lowest BCUT2D eigenvalue weighted by atomic mass is 9.79. The van der Waals surface area contributed by atoms with E-state index in [2.05, 4.69) is 0 Å². The lowest BCUT2D eigenvalue weighted by Crippen LogP contribution is -2.39. The third-order valence-corrected chi connectivity index (χ3v) is 8.68. The van der Waals surface area contributed by atoms with Crippen LogP contribution in [-0.2, 0) is 24.7 Å². The topological polar surface area (TPSA) is 101 Å². The van der Waals surface area contributed by atoms with E-state index >= 15 is 0 Å². The van der Waals surface area contributed by atoms with E-state index in [9.17, 15) is 13.0 Å². The van der Waals surface area contributed by atoms with Crippen molar-refractivity contribution in [1.82, 2.24) is 0 Å². The molecule has 0 aromatic heterocycles. The summed E-state index contributed by atoms with van der Waals surface area (Å²) in [7, 11) is -8.11. The molecule has 3 aromatic rings. The Kier molecular flexibility index (Phi) is 8.17. The van der Waals surface area contributed by atoms with Crippen molar-refractivity contribution in [3.63, 3.8) is 0 Å². The zero-order chi connectivity index (χ0) is 24.9. The lowest BCUT2D eigenvalue weighted by molar-refractivity contribution is -0.0248. The van der Waals surface area contributed by atoms with Crippen LogP contribution in [0.1, 0.15) is 30.5 Å². The van der Waals surface area contributed by atoms with Gasteiger partial charge in [0.25, 0.3) is 0 Å². The van der Waals surface area contributed by atoms with Gasteiger partial charge in [-0.05, 0) is 16.7 Å². The predicted octanol–water partition coefficient (Wildman–Crippen LogP) is 4.61. The third kappa shape index (κ3) is 6.87. The summed E-state index contributed by atoms with van der Waals surface area (Å²) in [4.78, 5) is 18.2. The smallest absolute Gasteiger partial charge is 0.326 e. The van der Waals surface area contributed by atoms with E-state index < -0.39 is 40.4 Å². The van der Waals surface area contributed by atoms with Gasteiger partial charge in [-0.1, -0.05) is 105 Å². The molecule has 182 valence electrons. The van der Waals surface area contributed by atoms with E-state index in [0.29, 0.717) is 0 Å². The Labute approximate surface area is 201 Å². The molecule has 0 aliphatic heterocycles. The van der Waals surface area contributed by atoms with Crippen molar-refractivity contribution >= 4 is 17.4 Å². The minimum atomic E-state index is -4.40. The Morgan fingerprint density at radius 3 is 1.50 bits per heavy atom. The molecule has 0 saturated heterocycles. The summed E-state index contributed by atoms with van der Waals surface area (Å²) >= 11 is 0. The van der Waals surface area contributed by atoms with Gasteiger partial charge in [-0.3, -0.25) is 4.57 Å². The largest absolute Gasteiger partial charge is 0.360 e. The molecule has 0 heterocycles. The van der Waals surface area contributed by atoms with E-state index in [1.165, 1.54) is 0 Å². The number of rotatable bonds is 11. The second-order valence-electron chi connectivity index (χ2n) is 9.21. The summed E-state index contributed by atoms with van der Waals surface area (Å²) in [5, 5.41) is 0. The highest BCUT2D eigenvalue weighted by molar-refractivity contribution is 7.91. The van der Waals surface area contributed by atoms with Crippen molar-refractivity contribution in [3.05, 3.63) is 108 Å². The van der Waals surface area contributed by atoms with Crippen LogP contribution in [0.4, 0.5) is 0 Å². The summed E-state index contributed by atoms with van der Waals surface area (Å²) in [6.07, 6.45) is -0.686. The summed E-state index contributed by atoms with van der Waals surface area (Å²) in [5.74, 6) is -0.823. The lowest BCUT2D eigenvalue weighted by Gasteiger charge is -2.38. The first-order chi connectivity index (χ1) is 15.9. The average Bonchev–Trinajstić information content (AvgIpc) is 2.79. The highest BCUT2D eigenvalue weighted by atomic mass is 32.2. The van der Waals surface area contributed by atoms with Crippen LogP contribution in [0.25, 0.3) is 0 Å². The van der Waals surface area contributed by atoms with E-state index in [1.54, 1.807) is 13.8 Å². The van der Waals surface area contributed by atoms with Crippen molar-refractivity contribution in [2.75, 3.05) is 24.3 Å². The fourth-order valence-corrected chi connectivity index (χ4v) is 7.52. The van der Waals surface area contributed by atoms with Crippen LogP contribution in [0.5, 0.6) is 0 Å². The standard InChI is InChI=1S/C26H31O6PS/c1-25(2,21-34(30,31)19-18-33(27,28)29)20-32-26(22-12-6-3-7-13-22,23-14-8-4-9-15-23)24-16-10-5-11-17-24/h3-17H,18-21H2,1-2H3,(H2,27,28,29). The number of sulfone groups is 1. The van der Waals surface area contributed by atoms with E-state index in [4.69, 9.17) is 14.5 Å². The first-order valence-electron chi connectivity index (χ1n) is 11.0. The van der Waals surface area contributed by atoms with Crippen LogP contribution in [-0.4, -0.2) is 42.5 Å². The molecule has 2 N–H and O–H groups in total. The molecule has 0 aliphatic carbocycles. The van der Waals surface area contributed by atoms with Crippen LogP contribution in [0.3, 0.4) is 0 Å². The van der Waals surface area contributed by atoms with Gasteiger partial charge < -0.3 is 14.5 Å². The van der Waals surface area contributed by atoms with E-state index in [1.807, 2.05) is 91.0 Å². The molecule has 0 radical (unpaired) electrons. The maximum atomic E-state index is 12.6. The molecule has 0 atom stereocenters. The molecule has 3 rings (SSSR count). The zero-order valence-corrected chi connectivity index (χ0v) is 21.1. The van der Waals surface area contributed by atoms with Crippen molar-refractivity contribution in [1.29, 1.82) is 0 Å². The van der Waals surface area contributed by atoms with Crippen LogP contribution in [0.15, 0.2) is 91.0 Å². The Hall–Kier alpha value is -2.28. The number of ether oxygens (including phenoxy) is 1. The van der Waals surface area contributed by atoms with Gasteiger partial charge in [-0.25, -0.2) is 8.42 Å². The first kappa shape index (κ1) is 26.3. The highest BCUT2D eigenvalue weighted by Crippen LogP contribution is 2.42. The van der Waals surface area contributed by atoms with Gasteiger partial charge in [-0.2, -0.15) is 0 Å². The molecule has 34 heavy (non-hydrogen) atoms. The first-order valence-corrected chi connectivity index (χ1v) is 14.6. The second kappa shape index (κ2) is 10.5. The SMILES string of the molecule is CC(C)(COC(c1ccccc1)(c1ccccc1)c1ccccc1)CS(=O)(=O)CCP(=O)(O)O. The summed E-state index contributed by atoms with van der Waals surface area (Å²) in [5.41, 5.74) is 0.946. The van der Waals surface area contributed by atoms with Crippen molar-refractivity contribution in [3.8, 4) is 0 Å². The quantitative estimate of drug-likeness (QED) is 0.293. The van der Waals surface area contributed by atoms with Gasteiger partial charge in [0.1, 0.15) is 5.60 Å². The molecule has 0 amide bonds. The van der Waals surface area contributed by atoms with Gasteiger partial charge in [0.2, 0.25) is 0 Å². The number of benzene rings is 3. The maximum Gasteiger partial charge on any atom is 0.326 e. The Morgan fingerprint density at radius 1 is 0.765 bits per heavy atom. The number of hydrogen-bond acceptors (Lipinski definition) is 4. The summed E-state index contributed by atoms with van der Waals surface area (Å²) < 4.78 is 43.2. The molecule has 0 unspecified atom stereocenters. The minimum Gasteiger partial charge on any atom is -0.360 e. The van der Waals surface area contributed by atoms with E-state index in [-0.39, 0.29) is 12.4 Å². The van der Waals surface area contributed by atoms with Gasteiger partial charge in [0.15, 0.2) is 9.84 Å². The van der Waals surface area contributed by atoms with Gasteiger partial charge in [0, 0.05) is 5.41 Å². The summed E-state index contributed by atoms with van der Waals surface area (Å²) in [6.45, 7) is 3.67. The Morgan fingerprint density at radius 2 is 1.15 bits per heavy atom. The van der Waals surface area contributed by atoms with Gasteiger partial charge in [0.05, 0.1) is 24.3 Å². The van der Waals surface area contributed by atoms with Crippen molar-refractivity contribution < 1.29 is 27.5 Å². The highest BCUT2D eigenvalue weighted by Gasteiger charge is 2.40. The van der Waals surface area contributed by atoms with Gasteiger partial charge in [-0.15, -0.1) is 0 Å². The van der Waals surface area contributed by atoms with Crippen LogP contribution in [0, 0.1) is 5.41 Å². The predicted molar refractivity (Wildman–Crippen MR) is 135 cm³/mol. The fourth-order valence-electron chi connectivity index (χ4n) is 4.04. The molecule has 0 saturated carbocycles. The molecule has 0 spiro atoms. The summed E-state index contributed by atoms with van der Waals surface area (Å²) in [6, 6.07) is 29.4. The molecule has 8 heteroatoms. The van der Waals surface area contributed by atoms with Crippen LogP contribution >= 0.6 is 7.60 Å². The van der Waals surface area contributed by atoms with Crippen LogP contribution < -0.4 is 0 Å². The zero-order valence-electron chi connectivity index (χ0n) is 19.4. The van der Waals surface area contributed by atoms with Gasteiger partial charge >= 0.3 is 7.60 Å². The monoisotopic (exact) mass is 502 g/mol. The molecular weight excluding hydrogens is 471 g/mol. The normalized spacial score (nSPS) is 13.1. The fraction of sp³-hybridized carbons (Fsp3) is 0.308. The molecule has 0 bridgehead atoms. The molecule has 0 aliphatic rings. The third-order valence-electron chi connectivity index (χ3n) is 5.52. The second-order valence-corrected chi connectivity index (χ2v) is 13.2. The molecular formula is C26H31O6PS. The van der Waals surface area contributed by atoms with Crippen LogP contribution in [0.2, 0.25) is 0 Å². The van der Waals surface area contributed by atoms with E-state index in [0.717, 1.165) is 16.7 Å². The number of hydrogen-bond donors (Lipinski definition) is 2. The minimum absolute atomic E-state index is 0.0980.